The summed E-state index contributed by atoms with van der Waals surface area (Å²) in [5.41, 5.74) is 3.36. The first-order chi connectivity index (χ1) is 12.3. The molecule has 1 aromatic carbocycles. The van der Waals surface area contributed by atoms with E-state index in [1.807, 2.05) is 44.7 Å². The molecule has 3 rings (SSSR count). The summed E-state index contributed by atoms with van der Waals surface area (Å²) >= 11 is -1.11. The number of carbonyl (C=O) groups excluding carboxylic acids is 1. The van der Waals surface area contributed by atoms with Gasteiger partial charge in [-0.1, -0.05) is 12.1 Å². The van der Waals surface area contributed by atoms with Gasteiger partial charge in [0.1, 0.15) is 4.75 Å². The van der Waals surface area contributed by atoms with Crippen LogP contribution in [0.4, 0.5) is 5.69 Å². The van der Waals surface area contributed by atoms with Crippen molar-refractivity contribution < 1.29 is 14.1 Å². The van der Waals surface area contributed by atoms with Crippen LogP contribution in [0.25, 0.3) is 0 Å². The molecule has 0 unspecified atom stereocenters. The lowest BCUT2D eigenvalue weighted by Crippen LogP contribution is -2.40. The number of hydrogen-bond acceptors (Lipinski definition) is 4. The fourth-order valence-corrected chi connectivity index (χ4v) is 4.30. The lowest BCUT2D eigenvalue weighted by atomic mass is 9.98. The number of ether oxygens (including phenoxy) is 1. The van der Waals surface area contributed by atoms with Crippen molar-refractivity contribution in [3.63, 3.8) is 0 Å². The number of fused-ring (bicyclic) bond motifs is 1. The fraction of sp³-hybridized carbons (Fsp3) is 0.650. The highest BCUT2D eigenvalue weighted by molar-refractivity contribution is 7.90. The Balaban J connectivity index is 1.70. The number of anilines is 1. The Labute approximate surface area is 159 Å². The lowest BCUT2D eigenvalue weighted by molar-refractivity contribution is -0.125. The minimum absolute atomic E-state index is 0.000558. The van der Waals surface area contributed by atoms with Crippen LogP contribution in [-0.4, -0.2) is 35.0 Å². The first-order valence-electron chi connectivity index (χ1n) is 9.47. The third kappa shape index (κ3) is 4.25. The summed E-state index contributed by atoms with van der Waals surface area (Å²) in [7, 11) is 0. The van der Waals surface area contributed by atoms with Gasteiger partial charge in [0.2, 0.25) is 5.91 Å². The van der Waals surface area contributed by atoms with E-state index in [4.69, 9.17) is 4.74 Å². The summed E-state index contributed by atoms with van der Waals surface area (Å²) in [5, 5.41) is 0. The molecule has 1 fully saturated rings. The smallest absolute Gasteiger partial charge is 0.230 e. The van der Waals surface area contributed by atoms with Crippen LogP contribution in [0.15, 0.2) is 18.2 Å². The van der Waals surface area contributed by atoms with Crippen LogP contribution in [0.3, 0.4) is 0 Å². The molecule has 2 aliphatic heterocycles. The second-order valence-corrected chi connectivity index (χ2v) is 10.2. The Morgan fingerprint density at radius 3 is 2.69 bits per heavy atom. The van der Waals surface area contributed by atoms with Crippen LogP contribution in [0.1, 0.15) is 57.7 Å². The predicted octanol–water partition coefficient (Wildman–Crippen LogP) is 3.12. The molecule has 1 amide bonds. The molecule has 0 bridgehead atoms. The zero-order valence-corrected chi connectivity index (χ0v) is 17.0. The molecule has 0 saturated carbocycles. The Kier molecular flexibility index (Phi) is 5.97. The van der Waals surface area contributed by atoms with Crippen molar-refractivity contribution in [2.24, 2.45) is 5.92 Å². The van der Waals surface area contributed by atoms with Crippen LogP contribution >= 0.6 is 0 Å². The van der Waals surface area contributed by atoms with Gasteiger partial charge in [0, 0.05) is 42.7 Å². The molecule has 5 nitrogen and oxygen atoms in total. The van der Waals surface area contributed by atoms with E-state index in [-0.39, 0.29) is 22.6 Å². The van der Waals surface area contributed by atoms with Crippen molar-refractivity contribution in [1.29, 1.82) is 0 Å². The number of nitrogens with zero attached hydrogens (tertiary/aromatic N) is 1. The maximum absolute atomic E-state index is 12.9. The van der Waals surface area contributed by atoms with Crippen LogP contribution < -0.4 is 9.62 Å². The predicted molar refractivity (Wildman–Crippen MR) is 105 cm³/mol. The number of nitrogens with one attached hydrogen (secondary N) is 1. The summed E-state index contributed by atoms with van der Waals surface area (Å²) in [5.74, 6) is 0.323. The average molecular weight is 379 g/mol. The van der Waals surface area contributed by atoms with Crippen molar-refractivity contribution in [1.82, 2.24) is 4.72 Å². The zero-order chi connectivity index (χ0) is 18.9. The normalized spacial score (nSPS) is 20.7. The summed E-state index contributed by atoms with van der Waals surface area (Å²) in [4.78, 5) is 14.8. The second kappa shape index (κ2) is 7.89. The molecule has 1 saturated heterocycles. The molecule has 0 radical (unpaired) electrons. The number of rotatable bonds is 4. The maximum atomic E-state index is 12.9. The van der Waals surface area contributed by atoms with Gasteiger partial charge in [0.05, 0.1) is 6.04 Å². The van der Waals surface area contributed by atoms with E-state index in [1.165, 1.54) is 5.56 Å². The number of carbonyl (C=O) groups is 1. The van der Waals surface area contributed by atoms with E-state index in [9.17, 15) is 9.35 Å². The number of hydrogen-bond donors (Lipinski definition) is 1. The molecule has 144 valence electrons. The average Bonchev–Trinajstić information content (AvgIpc) is 3.04. The van der Waals surface area contributed by atoms with Gasteiger partial charge in [-0.3, -0.25) is 4.79 Å². The van der Waals surface area contributed by atoms with Crippen molar-refractivity contribution in [3.05, 3.63) is 29.3 Å². The highest BCUT2D eigenvalue weighted by Crippen LogP contribution is 2.33. The van der Waals surface area contributed by atoms with E-state index in [1.54, 1.807) is 0 Å². The minimum atomic E-state index is -1.11. The van der Waals surface area contributed by atoms with Gasteiger partial charge in [-0.15, -0.1) is 4.72 Å². The Morgan fingerprint density at radius 2 is 2.04 bits per heavy atom. The van der Waals surface area contributed by atoms with Gasteiger partial charge < -0.3 is 14.2 Å². The maximum Gasteiger partial charge on any atom is 0.230 e. The lowest BCUT2D eigenvalue weighted by Gasteiger charge is -2.27. The minimum Gasteiger partial charge on any atom is -0.598 e. The summed E-state index contributed by atoms with van der Waals surface area (Å²) in [6.07, 6.45) is 2.53. The molecule has 1 aromatic rings. The quantitative estimate of drug-likeness (QED) is 0.818. The topological polar surface area (TPSA) is 64.6 Å². The largest absolute Gasteiger partial charge is 0.598 e. The van der Waals surface area contributed by atoms with Crippen LogP contribution in [0, 0.1) is 5.92 Å². The first-order valence-corrected chi connectivity index (χ1v) is 10.6. The first kappa shape index (κ1) is 19.7. The molecule has 1 N–H and O–H groups in total. The van der Waals surface area contributed by atoms with Gasteiger partial charge in [0.15, 0.2) is 0 Å². The molecular formula is C20H30N2O3S. The SMILES string of the molecule is C[C@@H](N[S@+]([O-])C(C)(C)C)c1ccc2c(c1)CCN2C(=O)C1CCOCC1. The van der Waals surface area contributed by atoms with E-state index in [0.29, 0.717) is 13.2 Å². The van der Waals surface area contributed by atoms with Crippen molar-refractivity contribution >= 4 is 23.0 Å². The van der Waals surface area contributed by atoms with Gasteiger partial charge >= 0.3 is 0 Å². The molecule has 0 aliphatic carbocycles. The van der Waals surface area contributed by atoms with Gasteiger partial charge in [-0.05, 0) is 64.2 Å². The highest BCUT2D eigenvalue weighted by atomic mass is 32.2. The summed E-state index contributed by atoms with van der Waals surface area (Å²) in [6, 6.07) is 6.25. The number of amides is 1. The molecule has 6 heteroatoms. The molecule has 0 spiro atoms. The van der Waals surface area contributed by atoms with Crippen molar-refractivity contribution in [2.75, 3.05) is 24.7 Å². The molecule has 26 heavy (non-hydrogen) atoms. The van der Waals surface area contributed by atoms with E-state index >= 15 is 0 Å². The summed E-state index contributed by atoms with van der Waals surface area (Å²) < 4.78 is 20.6. The van der Waals surface area contributed by atoms with Crippen molar-refractivity contribution in [2.45, 2.75) is 57.7 Å². The monoisotopic (exact) mass is 378 g/mol. The fourth-order valence-electron chi connectivity index (χ4n) is 3.49. The highest BCUT2D eigenvalue weighted by Gasteiger charge is 2.32. The zero-order valence-electron chi connectivity index (χ0n) is 16.2. The van der Waals surface area contributed by atoms with E-state index in [0.717, 1.165) is 37.1 Å². The van der Waals surface area contributed by atoms with Crippen LogP contribution in [-0.2, 0) is 27.3 Å². The van der Waals surface area contributed by atoms with Gasteiger partial charge in [-0.25, -0.2) is 0 Å². The molecule has 2 atom stereocenters. The van der Waals surface area contributed by atoms with E-state index < -0.39 is 11.4 Å². The van der Waals surface area contributed by atoms with Gasteiger partial charge in [0.25, 0.3) is 0 Å². The van der Waals surface area contributed by atoms with E-state index in [2.05, 4.69) is 10.8 Å². The standard InChI is InChI=1S/C20H30N2O3S/c1-14(21-26(24)20(2,3)4)16-5-6-18-17(13-16)7-10-22(18)19(23)15-8-11-25-12-9-15/h5-6,13-15,21H,7-12H2,1-4H3/t14-,26-/m1/s1. The van der Waals surface area contributed by atoms with Crippen molar-refractivity contribution in [3.8, 4) is 0 Å². The third-order valence-electron chi connectivity index (χ3n) is 5.18. The second-order valence-electron chi connectivity index (χ2n) is 8.24. The Morgan fingerprint density at radius 1 is 1.35 bits per heavy atom. The Hall–Kier alpha value is -1.08. The molecular weight excluding hydrogens is 348 g/mol. The van der Waals surface area contributed by atoms with Crippen LogP contribution in [0.2, 0.25) is 0 Å². The molecule has 0 aromatic heterocycles. The number of benzene rings is 1. The summed E-state index contributed by atoms with van der Waals surface area (Å²) in [6.45, 7) is 10.0. The molecule has 2 aliphatic rings. The molecule has 2 heterocycles. The van der Waals surface area contributed by atoms with Gasteiger partial charge in [-0.2, -0.15) is 0 Å². The third-order valence-corrected chi connectivity index (χ3v) is 6.86. The van der Waals surface area contributed by atoms with Crippen LogP contribution in [0.5, 0.6) is 0 Å². The Bertz CT molecular complexity index is 653.